The number of rotatable bonds is 4. The highest BCUT2D eigenvalue weighted by Gasteiger charge is 2.31. The Morgan fingerprint density at radius 1 is 1.44 bits per heavy atom. The fourth-order valence-electron chi connectivity index (χ4n) is 2.51. The molecule has 2 unspecified atom stereocenters. The lowest BCUT2D eigenvalue weighted by atomic mass is 9.93. The Balaban J connectivity index is 2.42. The molecule has 0 radical (unpaired) electrons. The molecule has 0 bridgehead atoms. The second-order valence-corrected chi connectivity index (χ2v) is 5.22. The smallest absolute Gasteiger partial charge is 0.232 e. The van der Waals surface area contributed by atoms with Gasteiger partial charge in [0.15, 0.2) is 0 Å². The van der Waals surface area contributed by atoms with Crippen molar-refractivity contribution in [3.63, 3.8) is 0 Å². The van der Waals surface area contributed by atoms with Gasteiger partial charge in [-0.05, 0) is 30.0 Å². The molecule has 3 nitrogen and oxygen atoms in total. The van der Waals surface area contributed by atoms with E-state index >= 15 is 0 Å². The van der Waals surface area contributed by atoms with Gasteiger partial charge in [-0.15, -0.1) is 0 Å². The number of hydrogen-bond acceptors (Lipinski definition) is 2. The summed E-state index contributed by atoms with van der Waals surface area (Å²) < 4.78 is 0. The van der Waals surface area contributed by atoms with Gasteiger partial charge in [0.1, 0.15) is 0 Å². The van der Waals surface area contributed by atoms with Crippen molar-refractivity contribution < 1.29 is 4.79 Å². The van der Waals surface area contributed by atoms with Crippen LogP contribution in [0.3, 0.4) is 0 Å². The number of fused-ring (bicyclic) bond motifs is 1. The Kier molecular flexibility index (Phi) is 3.93. The van der Waals surface area contributed by atoms with E-state index in [1.54, 1.807) is 0 Å². The van der Waals surface area contributed by atoms with Crippen LogP contribution in [0.15, 0.2) is 12.1 Å². The number of anilines is 1. The molecule has 2 rings (SSSR count). The van der Waals surface area contributed by atoms with Crippen molar-refractivity contribution in [3.8, 4) is 0 Å². The molecule has 1 heterocycles. The number of amides is 1. The Hall–Kier alpha value is -1.06. The van der Waals surface area contributed by atoms with Crippen LogP contribution in [0.4, 0.5) is 5.69 Å². The summed E-state index contributed by atoms with van der Waals surface area (Å²) in [4.78, 5) is 11.8. The fourth-order valence-corrected chi connectivity index (χ4v) is 2.79. The summed E-state index contributed by atoms with van der Waals surface area (Å²) >= 11 is 6.24. The van der Waals surface area contributed by atoms with E-state index in [0.717, 1.165) is 36.1 Å². The number of benzene rings is 1. The minimum Gasteiger partial charge on any atom is -0.324 e. The average molecular weight is 267 g/mol. The van der Waals surface area contributed by atoms with Gasteiger partial charge >= 0.3 is 0 Å². The molecule has 1 aromatic rings. The number of nitrogens with one attached hydrogen (secondary N) is 1. The first-order valence-electron chi connectivity index (χ1n) is 6.48. The third-order valence-corrected chi connectivity index (χ3v) is 3.82. The maximum Gasteiger partial charge on any atom is 0.232 e. The summed E-state index contributed by atoms with van der Waals surface area (Å²) in [7, 11) is 0. The summed E-state index contributed by atoms with van der Waals surface area (Å²) in [6, 6.07) is 3.90. The molecule has 1 amide bonds. The van der Waals surface area contributed by atoms with Crippen LogP contribution >= 0.6 is 11.6 Å². The van der Waals surface area contributed by atoms with Crippen LogP contribution in [-0.4, -0.2) is 5.91 Å². The second-order valence-electron chi connectivity index (χ2n) is 4.81. The molecule has 0 saturated heterocycles. The summed E-state index contributed by atoms with van der Waals surface area (Å²) in [6.45, 7) is 4.11. The Bertz CT molecular complexity index is 473. The van der Waals surface area contributed by atoms with Gasteiger partial charge < -0.3 is 11.1 Å². The molecule has 2 atom stereocenters. The normalized spacial score (nSPS) is 19.6. The zero-order valence-electron chi connectivity index (χ0n) is 10.8. The molecular weight excluding hydrogens is 248 g/mol. The molecule has 0 saturated carbocycles. The maximum atomic E-state index is 11.8. The zero-order valence-corrected chi connectivity index (χ0v) is 11.6. The van der Waals surface area contributed by atoms with E-state index in [1.165, 1.54) is 0 Å². The molecular formula is C14H19ClN2O. The van der Waals surface area contributed by atoms with Gasteiger partial charge in [0, 0.05) is 6.04 Å². The molecule has 3 N–H and O–H groups in total. The van der Waals surface area contributed by atoms with Gasteiger partial charge in [-0.25, -0.2) is 0 Å². The molecule has 0 aromatic heterocycles. The third kappa shape index (κ3) is 2.25. The van der Waals surface area contributed by atoms with Crippen molar-refractivity contribution in [2.75, 3.05) is 5.32 Å². The monoisotopic (exact) mass is 266 g/mol. The van der Waals surface area contributed by atoms with Crippen molar-refractivity contribution in [1.82, 2.24) is 0 Å². The van der Waals surface area contributed by atoms with Gasteiger partial charge in [0.25, 0.3) is 0 Å². The van der Waals surface area contributed by atoms with E-state index in [0.29, 0.717) is 5.02 Å². The van der Waals surface area contributed by atoms with E-state index in [-0.39, 0.29) is 17.9 Å². The van der Waals surface area contributed by atoms with E-state index in [9.17, 15) is 4.79 Å². The van der Waals surface area contributed by atoms with Crippen molar-refractivity contribution in [3.05, 3.63) is 28.3 Å². The molecule has 0 aliphatic carbocycles. The molecule has 0 spiro atoms. The van der Waals surface area contributed by atoms with Crippen LogP contribution in [0.25, 0.3) is 0 Å². The van der Waals surface area contributed by atoms with Gasteiger partial charge in [-0.3, -0.25) is 4.79 Å². The van der Waals surface area contributed by atoms with Gasteiger partial charge in [-0.2, -0.15) is 0 Å². The second kappa shape index (κ2) is 5.29. The summed E-state index contributed by atoms with van der Waals surface area (Å²) in [5.41, 5.74) is 8.91. The lowest BCUT2D eigenvalue weighted by Crippen LogP contribution is -2.11. The Morgan fingerprint density at radius 3 is 2.78 bits per heavy atom. The third-order valence-electron chi connectivity index (χ3n) is 3.52. The van der Waals surface area contributed by atoms with E-state index in [1.807, 2.05) is 19.1 Å². The molecule has 0 fully saturated rings. The van der Waals surface area contributed by atoms with Crippen LogP contribution in [0.2, 0.25) is 5.02 Å². The van der Waals surface area contributed by atoms with Gasteiger partial charge in [0.2, 0.25) is 5.91 Å². The summed E-state index contributed by atoms with van der Waals surface area (Å²) in [6.07, 6.45) is 2.74. The van der Waals surface area contributed by atoms with Crippen molar-refractivity contribution >= 4 is 23.2 Å². The molecule has 18 heavy (non-hydrogen) atoms. The van der Waals surface area contributed by atoms with Crippen LogP contribution < -0.4 is 11.1 Å². The van der Waals surface area contributed by atoms with Crippen LogP contribution in [0.1, 0.15) is 56.2 Å². The molecule has 4 heteroatoms. The van der Waals surface area contributed by atoms with Crippen molar-refractivity contribution in [2.45, 2.75) is 45.1 Å². The Morgan fingerprint density at radius 2 is 2.17 bits per heavy atom. The lowest BCUT2D eigenvalue weighted by molar-refractivity contribution is -0.117. The number of halogens is 1. The van der Waals surface area contributed by atoms with Crippen LogP contribution in [0, 0.1) is 0 Å². The van der Waals surface area contributed by atoms with E-state index in [2.05, 4.69) is 12.2 Å². The van der Waals surface area contributed by atoms with Crippen molar-refractivity contribution in [1.29, 1.82) is 0 Å². The topological polar surface area (TPSA) is 55.1 Å². The van der Waals surface area contributed by atoms with Gasteiger partial charge in [0.05, 0.1) is 16.6 Å². The van der Waals surface area contributed by atoms with E-state index < -0.39 is 0 Å². The van der Waals surface area contributed by atoms with Crippen LogP contribution in [-0.2, 0) is 4.79 Å². The first-order chi connectivity index (χ1) is 8.58. The predicted octanol–water partition coefficient (Wildman–Crippen LogP) is 3.59. The predicted molar refractivity (Wildman–Crippen MR) is 75.0 cm³/mol. The first-order valence-corrected chi connectivity index (χ1v) is 6.86. The quantitative estimate of drug-likeness (QED) is 0.875. The number of carbonyl (C=O) groups is 1. The SMILES string of the molecule is CCCC(N)c1cc(Cl)c2c(c1)C(CC)C(=O)N2. The van der Waals surface area contributed by atoms with Crippen molar-refractivity contribution in [2.24, 2.45) is 5.73 Å². The minimum absolute atomic E-state index is 0.00833. The first kappa shape index (κ1) is 13.4. The molecule has 1 aliphatic rings. The number of nitrogens with two attached hydrogens (primary N) is 1. The highest BCUT2D eigenvalue weighted by atomic mass is 35.5. The number of hydrogen-bond donors (Lipinski definition) is 2. The minimum atomic E-state index is -0.0914. The van der Waals surface area contributed by atoms with E-state index in [4.69, 9.17) is 17.3 Å². The molecule has 1 aromatic carbocycles. The Labute approximate surface area is 113 Å². The highest BCUT2D eigenvalue weighted by molar-refractivity contribution is 6.34. The standard InChI is InChI=1S/C14H19ClN2O/c1-3-5-12(16)8-6-10-9(4-2)14(18)17-13(10)11(15)7-8/h6-7,9,12H,3-5,16H2,1-2H3,(H,17,18). The lowest BCUT2D eigenvalue weighted by Gasteiger charge is -2.14. The maximum absolute atomic E-state index is 11.8. The summed E-state index contributed by atoms with van der Waals surface area (Å²) in [5, 5.41) is 3.45. The average Bonchev–Trinajstić information content (AvgIpc) is 2.65. The molecule has 98 valence electrons. The largest absolute Gasteiger partial charge is 0.324 e. The summed E-state index contributed by atoms with van der Waals surface area (Å²) in [5.74, 6) is -0.0538. The van der Waals surface area contributed by atoms with Gasteiger partial charge in [-0.1, -0.05) is 37.9 Å². The highest BCUT2D eigenvalue weighted by Crippen LogP contribution is 2.41. The zero-order chi connectivity index (χ0) is 13.3. The fraction of sp³-hybridized carbons (Fsp3) is 0.500. The molecule has 1 aliphatic heterocycles. The van der Waals surface area contributed by atoms with Crippen LogP contribution in [0.5, 0.6) is 0 Å². The number of carbonyl (C=O) groups excluding carboxylic acids is 1.